The fourth-order valence-corrected chi connectivity index (χ4v) is 4.89. The number of amides is 5. The van der Waals surface area contributed by atoms with Crippen LogP contribution in [0.4, 0.5) is 15.5 Å². The lowest BCUT2D eigenvalue weighted by molar-refractivity contribution is -0.758. The molecule has 1 aliphatic rings. The molecule has 1 aliphatic heterocycles. The van der Waals surface area contributed by atoms with E-state index in [0.29, 0.717) is 30.1 Å². The Kier molecular flexibility index (Phi) is 8.52. The molecule has 3 heterocycles. The maximum absolute atomic E-state index is 13.0. The number of nitrogens with one attached hydrogen (secondary N) is 5. The molecular weight excluding hydrogens is 562 g/mol. The highest BCUT2D eigenvalue weighted by molar-refractivity contribution is 5.95. The summed E-state index contributed by atoms with van der Waals surface area (Å²) in [5.41, 5.74) is 2.84. The van der Waals surface area contributed by atoms with Gasteiger partial charge in [0.1, 0.15) is 24.9 Å². The van der Waals surface area contributed by atoms with Gasteiger partial charge in [-0.1, -0.05) is 30.3 Å². The first-order chi connectivity index (χ1) is 20.7. The minimum atomic E-state index is -1.37. The highest BCUT2D eigenvalue weighted by Gasteiger charge is 2.51. The second-order valence-corrected chi connectivity index (χ2v) is 9.98. The first kappa shape index (κ1) is 29.1. The first-order valence-electron chi connectivity index (χ1n) is 13.5. The van der Waals surface area contributed by atoms with E-state index in [9.17, 15) is 29.1 Å². The number of quaternary nitrogens is 1. The summed E-state index contributed by atoms with van der Waals surface area (Å²) in [6.07, 6.45) is -1.24. The van der Waals surface area contributed by atoms with Crippen LogP contribution in [0.25, 0.3) is 22.0 Å². The van der Waals surface area contributed by atoms with Crippen LogP contribution in [0.15, 0.2) is 59.2 Å². The summed E-state index contributed by atoms with van der Waals surface area (Å²) < 4.78 is 9.82. The Bertz CT molecular complexity index is 1630. The number of carbonyl (C=O) groups excluding carboxylic acids is 4. The van der Waals surface area contributed by atoms with E-state index in [2.05, 4.69) is 31.2 Å². The summed E-state index contributed by atoms with van der Waals surface area (Å²) in [6, 6.07) is 14.0. The number of carboxylic acids is 1. The van der Waals surface area contributed by atoms with Gasteiger partial charge in [-0.2, -0.15) is 4.48 Å². The zero-order chi connectivity index (χ0) is 30.4. The normalized spacial score (nSPS) is 17.0. The number of para-hydroxylation sites is 3. The van der Waals surface area contributed by atoms with E-state index < -0.39 is 53.5 Å². The maximum atomic E-state index is 13.0. The van der Waals surface area contributed by atoms with Gasteiger partial charge in [0, 0.05) is 23.9 Å². The van der Waals surface area contributed by atoms with Gasteiger partial charge in [0.15, 0.2) is 6.54 Å². The third kappa shape index (κ3) is 6.73. The van der Waals surface area contributed by atoms with E-state index in [4.69, 9.17) is 9.15 Å². The number of anilines is 1. The number of hydrogen-bond acceptors (Lipinski definition) is 9. The van der Waals surface area contributed by atoms with Crippen LogP contribution in [-0.2, 0) is 25.7 Å². The van der Waals surface area contributed by atoms with Crippen LogP contribution in [0.2, 0.25) is 0 Å². The smallest absolute Gasteiger partial charge is 0.425 e. The van der Waals surface area contributed by atoms with Crippen LogP contribution in [0.5, 0.6) is 0 Å². The van der Waals surface area contributed by atoms with Crippen molar-refractivity contribution in [3.8, 4) is 0 Å². The summed E-state index contributed by atoms with van der Waals surface area (Å²) in [5.74, 6) is -2.08. The average molecular weight is 593 g/mol. The number of aromatic nitrogens is 2. The Labute approximate surface area is 244 Å². The van der Waals surface area contributed by atoms with Crippen LogP contribution < -0.4 is 21.3 Å². The lowest BCUT2D eigenvalue weighted by atomic mass is 10.2. The lowest BCUT2D eigenvalue weighted by Gasteiger charge is -2.27. The number of aromatic amines is 1. The maximum Gasteiger partial charge on any atom is 0.425 e. The number of carbonyl (C=O) groups is 5. The van der Waals surface area contributed by atoms with Gasteiger partial charge in [-0.3, -0.25) is 14.9 Å². The SMILES string of the molecule is O=C(O)CC(NC(=O)C[N+]1(CCCNc2nc3ccccc3[nH]2)C(=O)CNC1=O)NC(=O)OCc1coc2ccccc12. The molecule has 15 heteroatoms. The number of nitrogens with zero attached hydrogens (tertiary/aromatic N) is 2. The molecule has 0 spiro atoms. The number of aliphatic carboxylic acids is 1. The van der Waals surface area contributed by atoms with Gasteiger partial charge in [-0.25, -0.2) is 19.4 Å². The summed E-state index contributed by atoms with van der Waals surface area (Å²) in [5, 5.41) is 20.4. The van der Waals surface area contributed by atoms with Crippen molar-refractivity contribution in [1.82, 2.24) is 25.9 Å². The topological polar surface area (TPSA) is 205 Å². The van der Waals surface area contributed by atoms with Gasteiger partial charge >= 0.3 is 24.0 Å². The number of ether oxygens (including phenoxy) is 1. The highest BCUT2D eigenvalue weighted by atomic mass is 16.5. The zero-order valence-corrected chi connectivity index (χ0v) is 22.9. The molecule has 224 valence electrons. The molecule has 0 bridgehead atoms. The first-order valence-corrected chi connectivity index (χ1v) is 13.5. The fourth-order valence-electron chi connectivity index (χ4n) is 4.89. The van der Waals surface area contributed by atoms with E-state index in [0.717, 1.165) is 16.4 Å². The standard InChI is InChI=1S/C28H29N7O8/c36-23(33-22(12-25(38)39)34-28(41)43-16-17-15-42-21-9-4-1-6-18(17)21)14-35(24(37)13-30-27(35)40)11-5-10-29-26-31-19-7-2-3-8-20(19)32-26/h1-4,6-9,15,22H,5,10-14,16H2,(H5-,29,30,31,32,33,34,36,38,39,40,41)/p+1. The molecule has 5 amide bonds. The Morgan fingerprint density at radius 3 is 2.65 bits per heavy atom. The number of furan rings is 1. The molecule has 15 nitrogen and oxygen atoms in total. The van der Waals surface area contributed by atoms with Crippen molar-refractivity contribution in [3.05, 3.63) is 60.4 Å². The van der Waals surface area contributed by atoms with Gasteiger partial charge in [-0.05, 0) is 18.2 Å². The van der Waals surface area contributed by atoms with Gasteiger partial charge in [0.2, 0.25) is 5.95 Å². The summed E-state index contributed by atoms with van der Waals surface area (Å²) >= 11 is 0. The molecule has 2 atom stereocenters. The van der Waals surface area contributed by atoms with E-state index in [1.165, 1.54) is 6.26 Å². The third-order valence-corrected chi connectivity index (χ3v) is 6.99. The van der Waals surface area contributed by atoms with Gasteiger partial charge in [-0.15, -0.1) is 0 Å². The minimum absolute atomic E-state index is 0.00302. The van der Waals surface area contributed by atoms with Crippen molar-refractivity contribution in [1.29, 1.82) is 0 Å². The molecule has 0 saturated carbocycles. The Hall–Kier alpha value is -5.44. The average Bonchev–Trinajstić information content (AvgIpc) is 3.66. The highest BCUT2D eigenvalue weighted by Crippen LogP contribution is 2.21. The van der Waals surface area contributed by atoms with E-state index >= 15 is 0 Å². The lowest BCUT2D eigenvalue weighted by Crippen LogP contribution is -2.60. The quantitative estimate of drug-likeness (QED) is 0.0576. The molecule has 2 aromatic heterocycles. The molecule has 1 saturated heterocycles. The predicted molar refractivity (Wildman–Crippen MR) is 151 cm³/mol. The van der Waals surface area contributed by atoms with Crippen LogP contribution in [-0.4, -0.2) is 81.8 Å². The number of alkyl carbamates (subject to hydrolysis) is 1. The molecule has 0 radical (unpaired) electrons. The van der Waals surface area contributed by atoms with Crippen molar-refractivity contribution >= 4 is 57.9 Å². The fraction of sp³-hybridized carbons (Fsp3) is 0.286. The van der Waals surface area contributed by atoms with Crippen molar-refractivity contribution in [3.63, 3.8) is 0 Å². The number of fused-ring (bicyclic) bond motifs is 2. The van der Waals surface area contributed by atoms with Crippen molar-refractivity contribution in [2.24, 2.45) is 0 Å². The van der Waals surface area contributed by atoms with Crippen LogP contribution in [0.3, 0.4) is 0 Å². The Morgan fingerprint density at radius 2 is 1.88 bits per heavy atom. The molecule has 6 N–H and O–H groups in total. The largest absolute Gasteiger partial charge is 0.481 e. The predicted octanol–water partition coefficient (Wildman–Crippen LogP) is 2.02. The van der Waals surface area contributed by atoms with Gasteiger partial charge < -0.3 is 35.2 Å². The summed E-state index contributed by atoms with van der Waals surface area (Å²) in [4.78, 5) is 70.1. The number of rotatable bonds is 13. The summed E-state index contributed by atoms with van der Waals surface area (Å²) in [7, 11) is 0. The van der Waals surface area contributed by atoms with E-state index in [1.807, 2.05) is 24.3 Å². The van der Waals surface area contributed by atoms with E-state index in [-0.39, 0.29) is 19.7 Å². The molecular formula is C28H30N7O8+. The molecule has 2 aromatic carbocycles. The zero-order valence-electron chi connectivity index (χ0n) is 22.9. The monoisotopic (exact) mass is 592 g/mol. The number of hydrogen-bond donors (Lipinski definition) is 6. The van der Waals surface area contributed by atoms with Gasteiger partial charge in [0.25, 0.3) is 5.91 Å². The molecule has 0 aliphatic carbocycles. The molecule has 4 aromatic rings. The second kappa shape index (κ2) is 12.6. The van der Waals surface area contributed by atoms with Crippen LogP contribution in [0.1, 0.15) is 18.4 Å². The number of imide groups is 1. The van der Waals surface area contributed by atoms with Crippen molar-refractivity contribution in [2.45, 2.75) is 25.6 Å². The third-order valence-electron chi connectivity index (χ3n) is 6.99. The van der Waals surface area contributed by atoms with Crippen molar-refractivity contribution < 1.29 is 42.7 Å². The number of carboxylic acid groups (broad SMARTS) is 1. The molecule has 43 heavy (non-hydrogen) atoms. The number of benzene rings is 2. The molecule has 2 unspecified atom stereocenters. The van der Waals surface area contributed by atoms with E-state index in [1.54, 1.807) is 24.3 Å². The second-order valence-electron chi connectivity index (χ2n) is 9.98. The van der Waals surface area contributed by atoms with Gasteiger partial charge in [0.05, 0.1) is 30.3 Å². The molecule has 5 rings (SSSR count). The Balaban J connectivity index is 1.17. The Morgan fingerprint density at radius 1 is 1.09 bits per heavy atom. The van der Waals surface area contributed by atoms with Crippen molar-refractivity contribution in [2.75, 3.05) is 31.5 Å². The van der Waals surface area contributed by atoms with Crippen LogP contribution >= 0.6 is 0 Å². The van der Waals surface area contributed by atoms with Crippen LogP contribution in [0, 0.1) is 0 Å². The number of urea groups is 1. The summed E-state index contributed by atoms with van der Waals surface area (Å²) in [6.45, 7) is -0.628. The molecule has 1 fully saturated rings. The number of imidazole rings is 1. The number of H-pyrrole nitrogens is 1. The minimum Gasteiger partial charge on any atom is -0.481 e.